The van der Waals surface area contributed by atoms with Gasteiger partial charge in [-0.3, -0.25) is 0 Å². The van der Waals surface area contributed by atoms with Crippen LogP contribution in [0.15, 0.2) is 18.2 Å². The zero-order chi connectivity index (χ0) is 13.3. The van der Waals surface area contributed by atoms with Crippen molar-refractivity contribution < 1.29 is 27.1 Å². The van der Waals surface area contributed by atoms with E-state index in [2.05, 4.69) is 0 Å². The third-order valence-corrected chi connectivity index (χ3v) is 2.45. The van der Waals surface area contributed by atoms with Crippen molar-refractivity contribution in [3.63, 3.8) is 0 Å². The fourth-order valence-electron chi connectivity index (χ4n) is 1.25. The zero-order valence-corrected chi connectivity index (χ0v) is 9.12. The summed E-state index contributed by atoms with van der Waals surface area (Å²) in [6, 6.07) is 1.89. The summed E-state index contributed by atoms with van der Waals surface area (Å²) in [6.45, 7) is -0.822. The van der Waals surface area contributed by atoms with Gasteiger partial charge in [0.1, 0.15) is 0 Å². The molecule has 7 heteroatoms. The van der Waals surface area contributed by atoms with Crippen LogP contribution in [-0.4, -0.2) is 11.7 Å². The molecular weight excluding hydrogens is 267 g/mol. The van der Waals surface area contributed by atoms with Crippen molar-refractivity contribution in [2.75, 3.05) is 6.61 Å². The van der Waals surface area contributed by atoms with Crippen molar-refractivity contribution in [3.05, 3.63) is 34.3 Å². The molecule has 0 atom stereocenters. The van der Waals surface area contributed by atoms with Crippen molar-refractivity contribution in [2.45, 2.75) is 18.5 Å². The van der Waals surface area contributed by atoms with Gasteiger partial charge in [-0.15, -0.1) is 0 Å². The molecule has 0 saturated heterocycles. The summed E-state index contributed by atoms with van der Waals surface area (Å²) < 4.78 is 63.8. The normalized spacial score (nSPS) is 12.9. The van der Waals surface area contributed by atoms with Crippen LogP contribution in [0.1, 0.15) is 17.5 Å². The van der Waals surface area contributed by atoms with Crippen molar-refractivity contribution >= 4 is 11.6 Å². The van der Waals surface area contributed by atoms with E-state index in [9.17, 15) is 22.0 Å². The maximum Gasteiger partial charge on any atom is 0.417 e. The van der Waals surface area contributed by atoms with E-state index < -0.39 is 41.3 Å². The molecule has 17 heavy (non-hydrogen) atoms. The lowest BCUT2D eigenvalue weighted by molar-refractivity contribution is -0.137. The first-order valence-corrected chi connectivity index (χ1v) is 4.92. The number of hydrogen-bond acceptors (Lipinski definition) is 1. The van der Waals surface area contributed by atoms with E-state index in [4.69, 9.17) is 16.7 Å². The van der Waals surface area contributed by atoms with Gasteiger partial charge in [0.05, 0.1) is 10.6 Å². The lowest BCUT2D eigenvalue weighted by atomic mass is 10.0. The number of rotatable bonds is 3. The van der Waals surface area contributed by atoms with Crippen molar-refractivity contribution in [2.24, 2.45) is 0 Å². The predicted octanol–water partition coefficient (Wildman–Crippen LogP) is 3.83. The highest BCUT2D eigenvalue weighted by Gasteiger charge is 2.37. The molecule has 0 radical (unpaired) electrons. The highest BCUT2D eigenvalue weighted by atomic mass is 35.5. The van der Waals surface area contributed by atoms with Gasteiger partial charge in [0, 0.05) is 18.6 Å². The number of benzene rings is 1. The molecular formula is C10H8ClF5O. The van der Waals surface area contributed by atoms with Crippen molar-refractivity contribution in [3.8, 4) is 0 Å². The van der Waals surface area contributed by atoms with E-state index in [0.29, 0.717) is 6.07 Å². The fourth-order valence-corrected chi connectivity index (χ4v) is 1.48. The maximum absolute atomic E-state index is 13.3. The van der Waals surface area contributed by atoms with Gasteiger partial charge in [0.15, 0.2) is 0 Å². The molecule has 96 valence electrons. The Bertz CT molecular complexity index is 402. The van der Waals surface area contributed by atoms with Gasteiger partial charge in [-0.05, 0) is 12.1 Å². The summed E-state index contributed by atoms with van der Waals surface area (Å²) in [7, 11) is 0. The molecule has 1 nitrogen and oxygen atoms in total. The smallest absolute Gasteiger partial charge is 0.396 e. The quantitative estimate of drug-likeness (QED) is 0.831. The van der Waals surface area contributed by atoms with E-state index in [1.165, 1.54) is 0 Å². The Morgan fingerprint density at radius 3 is 2.18 bits per heavy atom. The van der Waals surface area contributed by atoms with Crippen molar-refractivity contribution in [1.82, 2.24) is 0 Å². The third kappa shape index (κ3) is 3.29. The van der Waals surface area contributed by atoms with Crippen LogP contribution in [0, 0.1) is 0 Å². The largest absolute Gasteiger partial charge is 0.417 e. The summed E-state index contributed by atoms with van der Waals surface area (Å²) in [4.78, 5) is 0. The standard InChI is InChI=1S/C10H8ClF5O/c11-8-2-1-6(9(12,13)3-4-17)5-7(8)10(14,15)16/h1-2,5,17H,3-4H2. The molecule has 0 aromatic heterocycles. The molecule has 1 aromatic rings. The van der Waals surface area contributed by atoms with E-state index >= 15 is 0 Å². The lowest BCUT2D eigenvalue weighted by Crippen LogP contribution is -2.17. The number of aliphatic hydroxyl groups is 1. The molecule has 0 aliphatic heterocycles. The molecule has 0 fully saturated rings. The van der Waals surface area contributed by atoms with Crippen LogP contribution < -0.4 is 0 Å². The third-order valence-electron chi connectivity index (χ3n) is 2.12. The van der Waals surface area contributed by atoms with Gasteiger partial charge < -0.3 is 5.11 Å². The van der Waals surface area contributed by atoms with Gasteiger partial charge in [-0.2, -0.15) is 13.2 Å². The van der Waals surface area contributed by atoms with Crippen LogP contribution >= 0.6 is 11.6 Å². The number of alkyl halides is 5. The average molecular weight is 275 g/mol. The second-order valence-electron chi connectivity index (χ2n) is 3.37. The zero-order valence-electron chi connectivity index (χ0n) is 8.36. The fraction of sp³-hybridized carbons (Fsp3) is 0.400. The van der Waals surface area contributed by atoms with E-state index in [0.717, 1.165) is 12.1 Å². The van der Waals surface area contributed by atoms with Crippen LogP contribution in [0.25, 0.3) is 0 Å². The first-order valence-electron chi connectivity index (χ1n) is 4.54. The van der Waals surface area contributed by atoms with Gasteiger partial charge in [0.25, 0.3) is 5.92 Å². The second kappa shape index (κ2) is 4.78. The molecule has 0 spiro atoms. The molecule has 0 unspecified atom stereocenters. The van der Waals surface area contributed by atoms with Crippen molar-refractivity contribution in [1.29, 1.82) is 0 Å². The Morgan fingerprint density at radius 1 is 1.12 bits per heavy atom. The van der Waals surface area contributed by atoms with Crippen LogP contribution in [0.4, 0.5) is 22.0 Å². The minimum absolute atomic E-state index is 0.304. The summed E-state index contributed by atoms with van der Waals surface area (Å²) in [6.07, 6.45) is -5.73. The molecule has 1 N–H and O–H groups in total. The topological polar surface area (TPSA) is 20.2 Å². The number of aliphatic hydroxyl groups excluding tert-OH is 1. The highest BCUT2D eigenvalue weighted by Crippen LogP contribution is 2.39. The first kappa shape index (κ1) is 14.2. The Hall–Kier alpha value is -0.880. The first-order chi connectivity index (χ1) is 7.68. The van der Waals surface area contributed by atoms with Crippen LogP contribution in [0.2, 0.25) is 5.02 Å². The molecule has 1 rings (SSSR count). The molecule has 0 heterocycles. The van der Waals surface area contributed by atoms with Gasteiger partial charge >= 0.3 is 6.18 Å². The van der Waals surface area contributed by atoms with Crippen LogP contribution in [-0.2, 0) is 12.1 Å². The summed E-state index contributed by atoms with van der Waals surface area (Å²) >= 11 is 5.29. The number of halogens is 6. The average Bonchev–Trinajstić information content (AvgIpc) is 2.15. The summed E-state index contributed by atoms with van der Waals surface area (Å²) in [5.41, 5.74) is -2.13. The SMILES string of the molecule is OCCC(F)(F)c1ccc(Cl)c(C(F)(F)F)c1. The second-order valence-corrected chi connectivity index (χ2v) is 3.78. The summed E-state index contributed by atoms with van der Waals surface area (Å²) in [5.74, 6) is -3.51. The molecule has 1 aromatic carbocycles. The maximum atomic E-state index is 13.3. The predicted molar refractivity (Wildman–Crippen MR) is 52.1 cm³/mol. The lowest BCUT2D eigenvalue weighted by Gasteiger charge is -2.17. The van der Waals surface area contributed by atoms with Gasteiger partial charge in [-0.25, -0.2) is 8.78 Å². The Labute approximate surface area is 98.8 Å². The van der Waals surface area contributed by atoms with E-state index in [-0.39, 0.29) is 0 Å². The molecule has 0 aliphatic carbocycles. The Balaban J connectivity index is 3.22. The summed E-state index contributed by atoms with van der Waals surface area (Å²) in [5, 5.41) is 7.78. The molecule has 0 aliphatic rings. The molecule has 0 saturated carbocycles. The van der Waals surface area contributed by atoms with Gasteiger partial charge in [-0.1, -0.05) is 17.7 Å². The van der Waals surface area contributed by atoms with Crippen LogP contribution in [0.5, 0.6) is 0 Å². The Kier molecular flexibility index (Phi) is 3.99. The highest BCUT2D eigenvalue weighted by molar-refractivity contribution is 6.31. The number of hydrogen-bond donors (Lipinski definition) is 1. The van der Waals surface area contributed by atoms with E-state index in [1.54, 1.807) is 0 Å². The minimum atomic E-state index is -4.79. The molecule has 0 amide bonds. The van der Waals surface area contributed by atoms with E-state index in [1.807, 2.05) is 0 Å². The van der Waals surface area contributed by atoms with Gasteiger partial charge in [0.2, 0.25) is 0 Å². The molecule has 0 bridgehead atoms. The van der Waals surface area contributed by atoms with Crippen LogP contribution in [0.3, 0.4) is 0 Å². The Morgan fingerprint density at radius 2 is 1.71 bits per heavy atom. The monoisotopic (exact) mass is 274 g/mol. The minimum Gasteiger partial charge on any atom is -0.396 e.